The molecule has 5 heteroatoms. The van der Waals surface area contributed by atoms with E-state index in [0.717, 1.165) is 49.2 Å². The predicted octanol–water partition coefficient (Wildman–Crippen LogP) is 1.98. The Morgan fingerprint density at radius 3 is 2.50 bits per heavy atom. The van der Waals surface area contributed by atoms with Crippen LogP contribution in [0, 0.1) is 13.8 Å². The van der Waals surface area contributed by atoms with E-state index in [4.69, 9.17) is 0 Å². The highest BCUT2D eigenvalue weighted by Crippen LogP contribution is 2.16. The van der Waals surface area contributed by atoms with Gasteiger partial charge < -0.3 is 10.2 Å². The van der Waals surface area contributed by atoms with Gasteiger partial charge in [0.25, 0.3) is 5.91 Å². The topological polar surface area (TPSA) is 52.7 Å². The number of aryl methyl sites for hydroxylation is 1. The van der Waals surface area contributed by atoms with Crippen LogP contribution in [0.3, 0.4) is 0 Å². The molecule has 1 aromatic rings. The minimum Gasteiger partial charge on any atom is -0.355 e. The smallest absolute Gasteiger partial charge is 0.254 e. The van der Waals surface area contributed by atoms with Crippen LogP contribution in [0.25, 0.3) is 0 Å². The van der Waals surface area contributed by atoms with Crippen molar-refractivity contribution in [2.24, 2.45) is 0 Å². The molecule has 0 saturated carbocycles. The van der Waals surface area contributed by atoms with Crippen LogP contribution in [-0.2, 0) is 4.79 Å². The molecule has 24 heavy (non-hydrogen) atoms. The zero-order valence-corrected chi connectivity index (χ0v) is 15.1. The summed E-state index contributed by atoms with van der Waals surface area (Å²) in [7, 11) is 0. The molecule has 0 aromatic heterocycles. The number of unbranched alkanes of at least 4 members (excludes halogenated alkanes) is 1. The van der Waals surface area contributed by atoms with Gasteiger partial charge in [0.15, 0.2) is 0 Å². The van der Waals surface area contributed by atoms with Crippen molar-refractivity contribution < 1.29 is 9.59 Å². The van der Waals surface area contributed by atoms with Gasteiger partial charge in [0, 0.05) is 38.3 Å². The quantitative estimate of drug-likeness (QED) is 0.811. The second-order valence-corrected chi connectivity index (χ2v) is 6.52. The number of amides is 2. The lowest BCUT2D eigenvalue weighted by molar-refractivity contribution is -0.122. The maximum Gasteiger partial charge on any atom is 0.254 e. The Morgan fingerprint density at radius 2 is 1.83 bits per heavy atom. The number of carbonyl (C=O) groups excluding carboxylic acids is 2. The van der Waals surface area contributed by atoms with E-state index in [1.807, 2.05) is 36.9 Å². The first-order valence-electron chi connectivity index (χ1n) is 8.87. The van der Waals surface area contributed by atoms with E-state index in [-0.39, 0.29) is 11.8 Å². The monoisotopic (exact) mass is 331 g/mol. The summed E-state index contributed by atoms with van der Waals surface area (Å²) < 4.78 is 0. The Balaban J connectivity index is 1.83. The van der Waals surface area contributed by atoms with Crippen LogP contribution in [0.2, 0.25) is 0 Å². The molecule has 2 rings (SSSR count). The van der Waals surface area contributed by atoms with Crippen LogP contribution >= 0.6 is 0 Å². The lowest BCUT2D eigenvalue weighted by Crippen LogP contribution is -2.51. The molecule has 1 saturated heterocycles. The van der Waals surface area contributed by atoms with Gasteiger partial charge in [-0.2, -0.15) is 0 Å². The number of benzene rings is 1. The van der Waals surface area contributed by atoms with E-state index in [1.165, 1.54) is 0 Å². The van der Waals surface area contributed by atoms with Gasteiger partial charge in [-0.05, 0) is 37.5 Å². The van der Waals surface area contributed by atoms with Gasteiger partial charge in [0.05, 0.1) is 6.54 Å². The van der Waals surface area contributed by atoms with Gasteiger partial charge in [-0.1, -0.05) is 25.5 Å². The Labute approximate surface area is 145 Å². The first kappa shape index (κ1) is 18.5. The highest BCUT2D eigenvalue weighted by Gasteiger charge is 2.24. The molecule has 0 bridgehead atoms. The summed E-state index contributed by atoms with van der Waals surface area (Å²) >= 11 is 0. The average molecular weight is 331 g/mol. The fourth-order valence-corrected chi connectivity index (χ4v) is 2.93. The maximum absolute atomic E-state index is 12.7. The van der Waals surface area contributed by atoms with Crippen LogP contribution < -0.4 is 5.32 Å². The lowest BCUT2D eigenvalue weighted by atomic mass is 10.0. The lowest BCUT2D eigenvalue weighted by Gasteiger charge is -2.34. The molecule has 1 aromatic carbocycles. The molecule has 1 heterocycles. The Morgan fingerprint density at radius 1 is 1.12 bits per heavy atom. The molecule has 0 atom stereocenters. The van der Waals surface area contributed by atoms with Crippen molar-refractivity contribution >= 4 is 11.8 Å². The normalized spacial score (nSPS) is 15.4. The van der Waals surface area contributed by atoms with Crippen molar-refractivity contribution in [1.29, 1.82) is 0 Å². The molecule has 1 N–H and O–H groups in total. The van der Waals surface area contributed by atoms with Gasteiger partial charge in [0.1, 0.15) is 0 Å². The molecule has 0 aliphatic carbocycles. The molecule has 1 fully saturated rings. The minimum absolute atomic E-state index is 0.0813. The van der Waals surface area contributed by atoms with Crippen molar-refractivity contribution in [2.75, 3.05) is 39.3 Å². The van der Waals surface area contributed by atoms with Crippen LogP contribution in [0.5, 0.6) is 0 Å². The Bertz CT molecular complexity index is 578. The van der Waals surface area contributed by atoms with Crippen LogP contribution in [0.4, 0.5) is 0 Å². The van der Waals surface area contributed by atoms with Crippen molar-refractivity contribution in [3.05, 3.63) is 34.9 Å². The number of piperazine rings is 1. The summed E-state index contributed by atoms with van der Waals surface area (Å²) in [5.41, 5.74) is 2.99. The van der Waals surface area contributed by atoms with E-state index in [1.54, 1.807) is 0 Å². The second kappa shape index (κ2) is 8.83. The summed E-state index contributed by atoms with van der Waals surface area (Å²) in [6.45, 7) is 10.2. The van der Waals surface area contributed by atoms with Crippen LogP contribution in [-0.4, -0.2) is 60.9 Å². The number of nitrogens with zero attached hydrogens (tertiary/aromatic N) is 2. The van der Waals surface area contributed by atoms with Gasteiger partial charge >= 0.3 is 0 Å². The first-order valence-corrected chi connectivity index (χ1v) is 8.87. The van der Waals surface area contributed by atoms with Crippen molar-refractivity contribution in [3.8, 4) is 0 Å². The molecular formula is C19H29N3O2. The first-order chi connectivity index (χ1) is 11.5. The molecule has 0 radical (unpaired) electrons. The number of hydrogen-bond donors (Lipinski definition) is 1. The summed E-state index contributed by atoms with van der Waals surface area (Å²) in [5.74, 6) is 0.181. The summed E-state index contributed by atoms with van der Waals surface area (Å²) in [4.78, 5) is 28.6. The second-order valence-electron chi connectivity index (χ2n) is 6.52. The minimum atomic E-state index is 0.0813. The van der Waals surface area contributed by atoms with Crippen molar-refractivity contribution in [3.63, 3.8) is 0 Å². The average Bonchev–Trinajstić information content (AvgIpc) is 2.58. The van der Waals surface area contributed by atoms with Crippen LogP contribution in [0.1, 0.15) is 41.3 Å². The summed E-state index contributed by atoms with van der Waals surface area (Å²) in [6.07, 6.45) is 2.10. The van der Waals surface area contributed by atoms with Gasteiger partial charge in [0.2, 0.25) is 5.91 Å². The molecule has 1 aliphatic heterocycles. The SMILES string of the molecule is CCCCNC(=O)CN1CCN(C(=O)c2cccc(C)c2C)CC1. The third-order valence-corrected chi connectivity index (χ3v) is 4.71. The van der Waals surface area contributed by atoms with Crippen LogP contribution in [0.15, 0.2) is 18.2 Å². The number of nitrogens with one attached hydrogen (secondary N) is 1. The van der Waals surface area contributed by atoms with Gasteiger partial charge in [-0.15, -0.1) is 0 Å². The van der Waals surface area contributed by atoms with E-state index >= 15 is 0 Å². The Hall–Kier alpha value is -1.88. The molecule has 132 valence electrons. The van der Waals surface area contributed by atoms with E-state index < -0.39 is 0 Å². The zero-order chi connectivity index (χ0) is 17.5. The summed E-state index contributed by atoms with van der Waals surface area (Å²) in [6, 6.07) is 5.87. The molecular weight excluding hydrogens is 302 g/mol. The molecule has 0 unspecified atom stereocenters. The zero-order valence-electron chi connectivity index (χ0n) is 15.1. The highest BCUT2D eigenvalue weighted by molar-refractivity contribution is 5.96. The highest BCUT2D eigenvalue weighted by atomic mass is 16.2. The molecule has 5 nitrogen and oxygen atoms in total. The largest absolute Gasteiger partial charge is 0.355 e. The van der Waals surface area contributed by atoms with Gasteiger partial charge in [-0.25, -0.2) is 0 Å². The predicted molar refractivity (Wildman–Crippen MR) is 96.2 cm³/mol. The number of carbonyl (C=O) groups is 2. The molecule has 1 aliphatic rings. The third kappa shape index (κ3) is 4.81. The van der Waals surface area contributed by atoms with Gasteiger partial charge in [-0.3, -0.25) is 14.5 Å². The fraction of sp³-hybridized carbons (Fsp3) is 0.579. The molecule has 2 amide bonds. The summed E-state index contributed by atoms with van der Waals surface area (Å²) in [5, 5.41) is 2.94. The fourth-order valence-electron chi connectivity index (χ4n) is 2.93. The maximum atomic E-state index is 12.7. The Kier molecular flexibility index (Phi) is 6.79. The number of rotatable bonds is 6. The number of hydrogen-bond acceptors (Lipinski definition) is 3. The third-order valence-electron chi connectivity index (χ3n) is 4.71. The standard InChI is InChI=1S/C19H29N3O2/c1-4-5-9-20-18(23)14-21-10-12-22(13-11-21)19(24)17-8-6-7-15(2)16(17)3/h6-8H,4-5,9-14H2,1-3H3,(H,20,23). The van der Waals surface area contributed by atoms with E-state index in [0.29, 0.717) is 19.6 Å². The molecule has 0 spiro atoms. The van der Waals surface area contributed by atoms with E-state index in [2.05, 4.69) is 17.1 Å². The van der Waals surface area contributed by atoms with Crippen molar-refractivity contribution in [2.45, 2.75) is 33.6 Å². The van der Waals surface area contributed by atoms with Crippen molar-refractivity contribution in [1.82, 2.24) is 15.1 Å². The van der Waals surface area contributed by atoms with E-state index in [9.17, 15) is 9.59 Å².